The first-order valence-electron chi connectivity index (χ1n) is 8.72. The van der Waals surface area contributed by atoms with Gasteiger partial charge >= 0.3 is 0 Å². The lowest BCUT2D eigenvalue weighted by Crippen LogP contribution is -3.11. The minimum atomic E-state index is -0.0124. The molecule has 0 saturated carbocycles. The molecule has 1 heterocycles. The van der Waals surface area contributed by atoms with Crippen molar-refractivity contribution in [3.05, 3.63) is 53.1 Å². The lowest BCUT2D eigenvalue weighted by atomic mass is 10.0. The average molecular weight is 376 g/mol. The summed E-state index contributed by atoms with van der Waals surface area (Å²) in [5, 5.41) is 3.54. The Morgan fingerprint density at radius 2 is 2.08 bits per heavy atom. The normalized spacial score (nSPS) is 19.2. The molecule has 0 spiro atoms. The number of nitrogens with one attached hydrogen (secondary N) is 2. The van der Waals surface area contributed by atoms with E-state index < -0.39 is 0 Å². The van der Waals surface area contributed by atoms with Gasteiger partial charge in [0, 0.05) is 29.6 Å². The van der Waals surface area contributed by atoms with Crippen LogP contribution in [-0.2, 0) is 4.79 Å². The van der Waals surface area contributed by atoms with Crippen molar-refractivity contribution < 1.29 is 19.2 Å². The molecule has 26 heavy (non-hydrogen) atoms. The van der Waals surface area contributed by atoms with Crippen molar-refractivity contribution in [2.45, 2.75) is 18.9 Å². The maximum atomic E-state index is 12.5. The maximum Gasteiger partial charge on any atom is 0.279 e. The van der Waals surface area contributed by atoms with Crippen LogP contribution in [0.5, 0.6) is 11.5 Å². The first kappa shape index (κ1) is 18.5. The molecule has 138 valence electrons. The zero-order valence-corrected chi connectivity index (χ0v) is 15.8. The number of ether oxygens (including phenoxy) is 2. The molecule has 2 aromatic rings. The van der Waals surface area contributed by atoms with E-state index >= 15 is 0 Å². The van der Waals surface area contributed by atoms with E-state index in [0.29, 0.717) is 11.6 Å². The van der Waals surface area contributed by atoms with Crippen LogP contribution in [0.25, 0.3) is 0 Å². The first-order valence-corrected chi connectivity index (χ1v) is 9.10. The van der Waals surface area contributed by atoms with Crippen molar-refractivity contribution in [2.24, 2.45) is 0 Å². The van der Waals surface area contributed by atoms with Crippen molar-refractivity contribution in [1.82, 2.24) is 0 Å². The van der Waals surface area contributed by atoms with Crippen molar-refractivity contribution in [2.75, 3.05) is 32.6 Å². The zero-order valence-electron chi connectivity index (χ0n) is 15.0. The van der Waals surface area contributed by atoms with Crippen molar-refractivity contribution in [3.8, 4) is 11.5 Å². The molecule has 0 aromatic heterocycles. The number of quaternary nitrogens is 1. The number of hydrogen-bond donors (Lipinski definition) is 2. The highest BCUT2D eigenvalue weighted by Crippen LogP contribution is 2.31. The monoisotopic (exact) mass is 375 g/mol. The van der Waals surface area contributed by atoms with Crippen LogP contribution in [0.4, 0.5) is 5.69 Å². The van der Waals surface area contributed by atoms with Gasteiger partial charge in [-0.05, 0) is 30.3 Å². The van der Waals surface area contributed by atoms with E-state index in [1.54, 1.807) is 26.4 Å². The van der Waals surface area contributed by atoms with Gasteiger partial charge in [0.25, 0.3) is 5.91 Å². The first-order chi connectivity index (χ1) is 12.6. The van der Waals surface area contributed by atoms with E-state index in [1.807, 2.05) is 30.3 Å². The quantitative estimate of drug-likeness (QED) is 0.816. The summed E-state index contributed by atoms with van der Waals surface area (Å²) >= 11 is 5.98. The van der Waals surface area contributed by atoms with E-state index in [-0.39, 0.29) is 11.9 Å². The second-order valence-electron chi connectivity index (χ2n) is 6.45. The number of carbonyl (C=O) groups is 1. The molecule has 5 nitrogen and oxygen atoms in total. The minimum Gasteiger partial charge on any atom is -0.497 e. The standard InChI is InChI=1S/C20H23ClN2O3/c1-25-16-8-9-17(19(12-16)26-2)18-7-4-10-23(18)13-20(24)22-15-6-3-5-14(21)11-15/h3,5-6,8-9,11-12,18H,4,7,10,13H2,1-2H3,(H,22,24)/p+1/t18-/m1/s1. The molecule has 0 aliphatic carbocycles. The number of rotatable bonds is 6. The molecule has 2 atom stereocenters. The van der Waals surface area contributed by atoms with Gasteiger partial charge in [-0.3, -0.25) is 4.79 Å². The molecule has 0 radical (unpaired) electrons. The summed E-state index contributed by atoms with van der Waals surface area (Å²) in [7, 11) is 3.31. The Bertz CT molecular complexity index is 781. The zero-order chi connectivity index (χ0) is 18.5. The van der Waals surface area contributed by atoms with Crippen LogP contribution >= 0.6 is 11.6 Å². The summed E-state index contributed by atoms with van der Waals surface area (Å²) in [5.74, 6) is 1.56. The summed E-state index contributed by atoms with van der Waals surface area (Å²) in [6, 6.07) is 13.3. The summed E-state index contributed by atoms with van der Waals surface area (Å²) in [6.07, 6.45) is 2.11. The number of amides is 1. The Labute approximate surface area is 158 Å². The second kappa shape index (κ2) is 8.43. The Hall–Kier alpha value is -2.24. The highest BCUT2D eigenvalue weighted by Gasteiger charge is 2.33. The molecule has 1 aliphatic heterocycles. The predicted molar refractivity (Wildman–Crippen MR) is 102 cm³/mol. The third kappa shape index (κ3) is 4.29. The molecule has 1 saturated heterocycles. The third-order valence-electron chi connectivity index (χ3n) is 4.80. The predicted octanol–water partition coefficient (Wildman–Crippen LogP) is 2.72. The number of benzene rings is 2. The number of hydrogen-bond acceptors (Lipinski definition) is 3. The second-order valence-corrected chi connectivity index (χ2v) is 6.88. The topological polar surface area (TPSA) is 52.0 Å². The van der Waals surface area contributed by atoms with Crippen molar-refractivity contribution in [1.29, 1.82) is 0 Å². The molecule has 2 aromatic carbocycles. The lowest BCUT2D eigenvalue weighted by Gasteiger charge is -2.23. The van der Waals surface area contributed by atoms with E-state index in [2.05, 4.69) is 5.32 Å². The number of likely N-dealkylation sites (tertiary alicyclic amines) is 1. The molecule has 6 heteroatoms. The molecule has 2 N–H and O–H groups in total. The van der Waals surface area contributed by atoms with Crippen LogP contribution < -0.4 is 19.7 Å². The summed E-state index contributed by atoms with van der Waals surface area (Å²) < 4.78 is 10.8. The van der Waals surface area contributed by atoms with Gasteiger partial charge in [-0.2, -0.15) is 0 Å². The number of anilines is 1. The SMILES string of the molecule is COc1ccc([C@H]2CCC[NH+]2CC(=O)Nc2cccc(Cl)c2)c(OC)c1. The van der Waals surface area contributed by atoms with Crippen LogP contribution in [-0.4, -0.2) is 33.2 Å². The van der Waals surface area contributed by atoms with Gasteiger partial charge < -0.3 is 19.7 Å². The fourth-order valence-corrected chi connectivity index (χ4v) is 3.77. The summed E-state index contributed by atoms with van der Waals surface area (Å²) in [4.78, 5) is 13.7. The average Bonchev–Trinajstić information content (AvgIpc) is 3.08. The summed E-state index contributed by atoms with van der Waals surface area (Å²) in [5.41, 5.74) is 1.84. The van der Waals surface area contributed by atoms with E-state index in [0.717, 1.165) is 42.1 Å². The highest BCUT2D eigenvalue weighted by atomic mass is 35.5. The Kier molecular flexibility index (Phi) is 6.01. The van der Waals surface area contributed by atoms with Crippen LogP contribution in [0.15, 0.2) is 42.5 Å². The van der Waals surface area contributed by atoms with Crippen LogP contribution in [0.1, 0.15) is 24.4 Å². The van der Waals surface area contributed by atoms with E-state index in [1.165, 1.54) is 4.90 Å². The van der Waals surface area contributed by atoms with E-state index in [4.69, 9.17) is 21.1 Å². The molecular formula is C20H24ClN2O3+. The molecule has 1 amide bonds. The Morgan fingerprint density at radius 1 is 1.23 bits per heavy atom. The molecule has 3 rings (SSSR count). The van der Waals surface area contributed by atoms with Crippen LogP contribution in [0.3, 0.4) is 0 Å². The van der Waals surface area contributed by atoms with Gasteiger partial charge in [0.05, 0.1) is 26.3 Å². The minimum absolute atomic E-state index is 0.0124. The molecule has 1 fully saturated rings. The summed E-state index contributed by atoms with van der Waals surface area (Å²) in [6.45, 7) is 1.37. The maximum absolute atomic E-state index is 12.5. The van der Waals surface area contributed by atoms with Crippen LogP contribution in [0, 0.1) is 0 Å². The van der Waals surface area contributed by atoms with Gasteiger partial charge in [-0.15, -0.1) is 0 Å². The van der Waals surface area contributed by atoms with Gasteiger partial charge in [0.2, 0.25) is 0 Å². The van der Waals surface area contributed by atoms with Crippen molar-refractivity contribution >= 4 is 23.2 Å². The fourth-order valence-electron chi connectivity index (χ4n) is 3.58. The number of methoxy groups -OCH3 is 2. The number of carbonyl (C=O) groups excluding carboxylic acids is 1. The largest absolute Gasteiger partial charge is 0.497 e. The van der Waals surface area contributed by atoms with Crippen LogP contribution in [0.2, 0.25) is 5.02 Å². The van der Waals surface area contributed by atoms with Gasteiger partial charge in [0.1, 0.15) is 17.5 Å². The van der Waals surface area contributed by atoms with Gasteiger partial charge in [-0.25, -0.2) is 0 Å². The third-order valence-corrected chi connectivity index (χ3v) is 5.03. The van der Waals surface area contributed by atoms with Crippen molar-refractivity contribution in [3.63, 3.8) is 0 Å². The molecular weight excluding hydrogens is 352 g/mol. The molecule has 1 aliphatic rings. The Morgan fingerprint density at radius 3 is 2.81 bits per heavy atom. The molecule has 0 bridgehead atoms. The Balaban J connectivity index is 1.71. The smallest absolute Gasteiger partial charge is 0.279 e. The van der Waals surface area contributed by atoms with E-state index in [9.17, 15) is 4.79 Å². The van der Waals surface area contributed by atoms with Gasteiger partial charge in [-0.1, -0.05) is 17.7 Å². The fraction of sp³-hybridized carbons (Fsp3) is 0.350. The van der Waals surface area contributed by atoms with Gasteiger partial charge in [0.15, 0.2) is 6.54 Å². The lowest BCUT2D eigenvalue weighted by molar-refractivity contribution is -0.910. The molecule has 1 unspecified atom stereocenters. The number of halogens is 1. The highest BCUT2D eigenvalue weighted by molar-refractivity contribution is 6.30.